The monoisotopic (exact) mass is 238 g/mol. The molecule has 0 amide bonds. The normalized spacial score (nSPS) is 24.2. The van der Waals surface area contributed by atoms with E-state index in [1.807, 2.05) is 20.8 Å². The van der Waals surface area contributed by atoms with Crippen LogP contribution in [0.3, 0.4) is 0 Å². The molecule has 0 aromatic rings. The minimum atomic E-state index is -0.189. The molecule has 1 fully saturated rings. The predicted molar refractivity (Wildman–Crippen MR) is 72.5 cm³/mol. The summed E-state index contributed by atoms with van der Waals surface area (Å²) in [5, 5.41) is 3.32. The van der Waals surface area contributed by atoms with Gasteiger partial charge in [0.15, 0.2) is 5.88 Å². The van der Waals surface area contributed by atoms with Crippen LogP contribution < -0.4 is 5.32 Å². The first kappa shape index (κ1) is 13.9. The molecular formula is C14H26N2O. The van der Waals surface area contributed by atoms with Crippen LogP contribution in [0.1, 0.15) is 40.0 Å². The van der Waals surface area contributed by atoms with Crippen molar-refractivity contribution in [2.75, 3.05) is 7.05 Å². The first-order valence-corrected chi connectivity index (χ1v) is 6.33. The van der Waals surface area contributed by atoms with Crippen molar-refractivity contribution in [3.63, 3.8) is 0 Å². The van der Waals surface area contributed by atoms with Gasteiger partial charge in [0.2, 0.25) is 0 Å². The zero-order valence-corrected chi connectivity index (χ0v) is 11.6. The van der Waals surface area contributed by atoms with Gasteiger partial charge in [0.25, 0.3) is 0 Å². The third kappa shape index (κ3) is 3.99. The van der Waals surface area contributed by atoms with Gasteiger partial charge in [-0.15, -0.1) is 0 Å². The summed E-state index contributed by atoms with van der Waals surface area (Å²) in [5.41, 5.74) is -0.189. The lowest BCUT2D eigenvalue weighted by Crippen LogP contribution is -2.44. The maximum absolute atomic E-state index is 5.82. The second-order valence-corrected chi connectivity index (χ2v) is 5.69. The van der Waals surface area contributed by atoms with Gasteiger partial charge in [0.05, 0.1) is 6.04 Å². The van der Waals surface area contributed by atoms with Crippen LogP contribution in [-0.2, 0) is 4.74 Å². The van der Waals surface area contributed by atoms with E-state index in [0.29, 0.717) is 12.1 Å². The Morgan fingerprint density at radius 3 is 2.59 bits per heavy atom. The Labute approximate surface area is 106 Å². The quantitative estimate of drug-likeness (QED) is 0.745. The lowest BCUT2D eigenvalue weighted by molar-refractivity contribution is -0.00254. The second kappa shape index (κ2) is 5.48. The van der Waals surface area contributed by atoms with Gasteiger partial charge < -0.3 is 15.0 Å². The molecule has 0 aromatic carbocycles. The van der Waals surface area contributed by atoms with Gasteiger partial charge in [-0.2, -0.15) is 0 Å². The second-order valence-electron chi connectivity index (χ2n) is 5.69. The SMILES string of the molecule is C=CNC1CCCC1N(C)C(=C)OC(C)(C)C. The van der Waals surface area contributed by atoms with E-state index in [0.717, 1.165) is 5.88 Å². The average molecular weight is 238 g/mol. The summed E-state index contributed by atoms with van der Waals surface area (Å²) >= 11 is 0. The topological polar surface area (TPSA) is 24.5 Å². The van der Waals surface area contributed by atoms with Gasteiger partial charge in [-0.05, 0) is 52.8 Å². The molecule has 0 radical (unpaired) electrons. The summed E-state index contributed by atoms with van der Waals surface area (Å²) in [7, 11) is 2.06. The summed E-state index contributed by atoms with van der Waals surface area (Å²) in [6, 6.07) is 0.903. The highest BCUT2D eigenvalue weighted by Gasteiger charge is 2.31. The average Bonchev–Trinajstić information content (AvgIpc) is 2.62. The molecule has 0 aliphatic heterocycles. The van der Waals surface area contributed by atoms with Crippen LogP contribution in [0.25, 0.3) is 0 Å². The van der Waals surface area contributed by atoms with Crippen LogP contribution in [-0.4, -0.2) is 29.6 Å². The number of likely N-dealkylation sites (N-methyl/N-ethyl adjacent to an activating group) is 1. The van der Waals surface area contributed by atoms with Gasteiger partial charge in [-0.3, -0.25) is 0 Å². The van der Waals surface area contributed by atoms with Gasteiger partial charge in [-0.1, -0.05) is 6.58 Å². The maximum Gasteiger partial charge on any atom is 0.182 e. The fraction of sp³-hybridized carbons (Fsp3) is 0.714. The molecule has 1 rings (SSSR count). The summed E-state index contributed by atoms with van der Waals surface area (Å²) in [6.45, 7) is 13.9. The molecule has 3 heteroatoms. The van der Waals surface area contributed by atoms with Crippen molar-refractivity contribution in [3.05, 3.63) is 25.2 Å². The zero-order chi connectivity index (χ0) is 13.1. The van der Waals surface area contributed by atoms with Crippen LogP contribution in [0.5, 0.6) is 0 Å². The largest absolute Gasteiger partial charge is 0.474 e. The van der Waals surface area contributed by atoms with Gasteiger partial charge in [0.1, 0.15) is 5.60 Å². The molecule has 0 spiro atoms. The van der Waals surface area contributed by atoms with E-state index < -0.39 is 0 Å². The van der Waals surface area contributed by atoms with Crippen molar-refractivity contribution in [2.45, 2.75) is 57.7 Å². The van der Waals surface area contributed by atoms with Crippen LogP contribution in [0, 0.1) is 0 Å². The maximum atomic E-state index is 5.82. The van der Waals surface area contributed by atoms with Gasteiger partial charge in [-0.25, -0.2) is 0 Å². The van der Waals surface area contributed by atoms with E-state index in [1.165, 1.54) is 19.3 Å². The Kier molecular flexibility index (Phi) is 4.49. The molecular weight excluding hydrogens is 212 g/mol. The van der Waals surface area contributed by atoms with E-state index in [9.17, 15) is 0 Å². The Balaban J connectivity index is 2.59. The number of hydrogen-bond acceptors (Lipinski definition) is 3. The third-order valence-electron chi connectivity index (χ3n) is 3.13. The number of ether oxygens (including phenoxy) is 1. The van der Waals surface area contributed by atoms with E-state index in [4.69, 9.17) is 4.74 Å². The highest BCUT2D eigenvalue weighted by molar-refractivity contribution is 4.98. The van der Waals surface area contributed by atoms with E-state index in [1.54, 1.807) is 6.20 Å². The summed E-state index contributed by atoms with van der Waals surface area (Å²) in [5.74, 6) is 0.750. The van der Waals surface area contributed by atoms with Crippen molar-refractivity contribution in [2.24, 2.45) is 0 Å². The van der Waals surface area contributed by atoms with E-state index >= 15 is 0 Å². The smallest absolute Gasteiger partial charge is 0.182 e. The lowest BCUT2D eigenvalue weighted by atomic mass is 10.1. The fourth-order valence-corrected chi connectivity index (χ4v) is 2.36. The number of hydrogen-bond donors (Lipinski definition) is 1. The predicted octanol–water partition coefficient (Wildman–Crippen LogP) is 2.86. The Bertz CT molecular complexity index is 280. The van der Waals surface area contributed by atoms with Crippen molar-refractivity contribution in [1.82, 2.24) is 10.2 Å². The minimum Gasteiger partial charge on any atom is -0.474 e. The fourth-order valence-electron chi connectivity index (χ4n) is 2.36. The molecule has 2 unspecified atom stereocenters. The molecule has 3 nitrogen and oxygen atoms in total. The molecule has 1 N–H and O–H groups in total. The van der Waals surface area contributed by atoms with Crippen molar-refractivity contribution >= 4 is 0 Å². The summed E-state index contributed by atoms with van der Waals surface area (Å²) in [4.78, 5) is 2.15. The first-order valence-electron chi connectivity index (χ1n) is 6.33. The summed E-state index contributed by atoms with van der Waals surface area (Å²) < 4.78 is 5.82. The molecule has 98 valence electrons. The van der Waals surface area contributed by atoms with Crippen molar-refractivity contribution < 1.29 is 4.74 Å². The zero-order valence-electron chi connectivity index (χ0n) is 11.6. The van der Waals surface area contributed by atoms with Crippen LogP contribution >= 0.6 is 0 Å². The molecule has 1 aliphatic rings. The highest BCUT2D eigenvalue weighted by atomic mass is 16.5. The lowest BCUT2D eigenvalue weighted by Gasteiger charge is -2.35. The van der Waals surface area contributed by atoms with Crippen LogP contribution in [0.15, 0.2) is 25.2 Å². The number of nitrogens with one attached hydrogen (secondary N) is 1. The number of rotatable bonds is 5. The van der Waals surface area contributed by atoms with E-state index in [-0.39, 0.29) is 5.60 Å². The van der Waals surface area contributed by atoms with Crippen LogP contribution in [0.4, 0.5) is 0 Å². The Morgan fingerprint density at radius 1 is 1.41 bits per heavy atom. The minimum absolute atomic E-state index is 0.189. The molecule has 2 atom stereocenters. The van der Waals surface area contributed by atoms with Gasteiger partial charge >= 0.3 is 0 Å². The molecule has 1 aliphatic carbocycles. The third-order valence-corrected chi connectivity index (χ3v) is 3.13. The Hall–Kier alpha value is -1.12. The van der Waals surface area contributed by atoms with Gasteiger partial charge in [0, 0.05) is 13.1 Å². The molecule has 0 heterocycles. The molecule has 17 heavy (non-hydrogen) atoms. The van der Waals surface area contributed by atoms with Crippen molar-refractivity contribution in [3.8, 4) is 0 Å². The molecule has 0 aromatic heterocycles. The van der Waals surface area contributed by atoms with Crippen LogP contribution in [0.2, 0.25) is 0 Å². The molecule has 1 saturated carbocycles. The first-order chi connectivity index (χ1) is 7.85. The Morgan fingerprint density at radius 2 is 2.06 bits per heavy atom. The highest BCUT2D eigenvalue weighted by Crippen LogP contribution is 2.27. The van der Waals surface area contributed by atoms with Crippen molar-refractivity contribution in [1.29, 1.82) is 0 Å². The standard InChI is InChI=1S/C14H26N2O/c1-7-15-12-9-8-10-13(12)16(6)11(2)17-14(3,4)5/h7,12-13,15H,1-2,8-10H2,3-6H3. The molecule has 0 bridgehead atoms. The number of nitrogens with zero attached hydrogens (tertiary/aromatic N) is 1. The molecule has 0 saturated heterocycles. The van der Waals surface area contributed by atoms with E-state index in [2.05, 4.69) is 30.4 Å². The summed E-state index contributed by atoms with van der Waals surface area (Å²) in [6.07, 6.45) is 5.38.